The first-order valence-electron chi connectivity index (χ1n) is 8.06. The van der Waals surface area contributed by atoms with Crippen molar-refractivity contribution in [3.05, 3.63) is 54.5 Å². The van der Waals surface area contributed by atoms with Crippen molar-refractivity contribution in [1.29, 1.82) is 0 Å². The van der Waals surface area contributed by atoms with Gasteiger partial charge in [0, 0.05) is 23.5 Å². The number of anilines is 1. The van der Waals surface area contributed by atoms with Crippen LogP contribution in [0.25, 0.3) is 0 Å². The van der Waals surface area contributed by atoms with Crippen LogP contribution in [0.4, 0.5) is 5.69 Å². The highest BCUT2D eigenvalue weighted by atomic mass is 16.2. The number of hydrogen-bond donors (Lipinski definition) is 6. The first-order valence-corrected chi connectivity index (χ1v) is 8.06. The topological polar surface area (TPSA) is 120 Å². The van der Waals surface area contributed by atoms with Crippen LogP contribution in [0.15, 0.2) is 48.9 Å². The van der Waals surface area contributed by atoms with Crippen LogP contribution >= 0.6 is 0 Å². The van der Waals surface area contributed by atoms with Gasteiger partial charge in [0.05, 0.1) is 18.4 Å². The van der Waals surface area contributed by atoms with E-state index in [9.17, 15) is 9.59 Å². The van der Waals surface area contributed by atoms with E-state index >= 15 is 0 Å². The predicted molar refractivity (Wildman–Crippen MR) is 97.1 cm³/mol. The molecule has 0 bridgehead atoms. The number of rotatable bonds is 8. The quantitative estimate of drug-likeness (QED) is 0.399. The number of carbonyl (C=O) groups excluding carboxylic acids is 2. The minimum absolute atomic E-state index is 0.0248. The Labute approximate surface area is 146 Å². The molecule has 134 valence electrons. The third kappa shape index (κ3) is 5.54. The number of nitrogens with one attached hydrogen (secondary N) is 5. The Morgan fingerprint density at radius 3 is 2.84 bits per heavy atom. The molecule has 1 aromatic rings. The molecule has 1 aliphatic heterocycles. The molecule has 0 fully saturated rings. The lowest BCUT2D eigenvalue weighted by atomic mass is 10.1. The summed E-state index contributed by atoms with van der Waals surface area (Å²) in [4.78, 5) is 24.3. The third-order valence-electron chi connectivity index (χ3n) is 3.70. The van der Waals surface area contributed by atoms with Gasteiger partial charge in [-0.1, -0.05) is 19.6 Å². The zero-order valence-corrected chi connectivity index (χ0v) is 14.1. The molecule has 25 heavy (non-hydrogen) atoms. The maximum atomic E-state index is 12.2. The maximum absolute atomic E-state index is 12.2. The van der Waals surface area contributed by atoms with Gasteiger partial charge in [-0.2, -0.15) is 0 Å². The van der Waals surface area contributed by atoms with E-state index in [2.05, 4.69) is 33.4 Å². The molecule has 0 saturated carbocycles. The minimum atomic E-state index is -0.338. The molecule has 2 atom stereocenters. The molecule has 0 aliphatic carbocycles. The molecule has 2 rings (SSSR count). The largest absolute Gasteiger partial charge is 0.386 e. The fourth-order valence-corrected chi connectivity index (χ4v) is 2.47. The first-order chi connectivity index (χ1) is 12.0. The zero-order chi connectivity index (χ0) is 18.2. The van der Waals surface area contributed by atoms with Crippen LogP contribution in [0.2, 0.25) is 0 Å². The summed E-state index contributed by atoms with van der Waals surface area (Å²) < 4.78 is 0. The van der Waals surface area contributed by atoms with E-state index in [0.29, 0.717) is 11.3 Å². The molecule has 0 radical (unpaired) electrons. The van der Waals surface area contributed by atoms with Crippen molar-refractivity contribution < 1.29 is 9.59 Å². The van der Waals surface area contributed by atoms with E-state index < -0.39 is 0 Å². The third-order valence-corrected chi connectivity index (χ3v) is 3.70. The van der Waals surface area contributed by atoms with Gasteiger partial charge >= 0.3 is 0 Å². The highest BCUT2D eigenvalue weighted by molar-refractivity contribution is 5.97. The number of hydrazine groups is 1. The van der Waals surface area contributed by atoms with Crippen molar-refractivity contribution in [3.8, 4) is 0 Å². The highest BCUT2D eigenvalue weighted by Crippen LogP contribution is 2.11. The number of carbonyl (C=O) groups is 2. The molecular weight excluding hydrogens is 320 g/mol. The van der Waals surface area contributed by atoms with Crippen molar-refractivity contribution in [3.63, 3.8) is 0 Å². The van der Waals surface area contributed by atoms with Crippen LogP contribution in [-0.4, -0.2) is 30.4 Å². The molecule has 2 unspecified atom stereocenters. The smallest absolute Gasteiger partial charge is 0.251 e. The molecule has 2 amide bonds. The average molecular weight is 344 g/mol. The summed E-state index contributed by atoms with van der Waals surface area (Å²) in [5.41, 5.74) is 12.5. The lowest BCUT2D eigenvalue weighted by molar-refractivity contribution is -0.121. The van der Waals surface area contributed by atoms with Gasteiger partial charge in [-0.05, 0) is 30.7 Å². The van der Waals surface area contributed by atoms with Crippen molar-refractivity contribution in [2.24, 2.45) is 5.73 Å². The summed E-state index contributed by atoms with van der Waals surface area (Å²) in [5.74, 6) is -0.298. The molecule has 1 heterocycles. The number of amides is 2. The lowest BCUT2D eigenvalue weighted by Crippen LogP contribution is -2.51. The molecule has 0 spiro atoms. The maximum Gasteiger partial charge on any atom is 0.251 e. The summed E-state index contributed by atoms with van der Waals surface area (Å²) in [6.07, 6.45) is 4.50. The Kier molecular flexibility index (Phi) is 6.41. The van der Waals surface area contributed by atoms with Crippen LogP contribution in [0.1, 0.15) is 23.7 Å². The van der Waals surface area contributed by atoms with Crippen LogP contribution in [0.3, 0.4) is 0 Å². The molecule has 1 aromatic carbocycles. The Morgan fingerprint density at radius 2 is 2.20 bits per heavy atom. The Hall–Kier alpha value is -3.00. The molecular formula is C17H24N6O2. The summed E-state index contributed by atoms with van der Waals surface area (Å²) in [6, 6.07) is 6.75. The van der Waals surface area contributed by atoms with E-state index in [1.807, 2.05) is 13.0 Å². The van der Waals surface area contributed by atoms with E-state index in [-0.39, 0.29) is 36.3 Å². The van der Waals surface area contributed by atoms with E-state index in [0.717, 1.165) is 6.42 Å². The Morgan fingerprint density at radius 1 is 1.40 bits per heavy atom. The SMILES string of the molecule is C=C(N)Nc1cccc(C(=O)NCC(=O)NC(CC)C2C=CNN2)c1. The fourth-order valence-electron chi connectivity index (χ4n) is 2.47. The highest BCUT2D eigenvalue weighted by Gasteiger charge is 2.21. The number of benzene rings is 1. The second-order valence-corrected chi connectivity index (χ2v) is 5.67. The summed E-state index contributed by atoms with van der Waals surface area (Å²) in [5, 5.41) is 8.35. The van der Waals surface area contributed by atoms with Crippen LogP contribution in [0, 0.1) is 0 Å². The molecule has 0 saturated heterocycles. The van der Waals surface area contributed by atoms with Crippen LogP contribution in [-0.2, 0) is 4.79 Å². The molecule has 8 nitrogen and oxygen atoms in total. The Balaban J connectivity index is 1.85. The first kappa shape index (κ1) is 18.3. The van der Waals surface area contributed by atoms with E-state index in [1.165, 1.54) is 0 Å². The molecule has 7 N–H and O–H groups in total. The lowest BCUT2D eigenvalue weighted by Gasteiger charge is -2.22. The number of hydrogen-bond acceptors (Lipinski definition) is 6. The molecule has 8 heteroatoms. The predicted octanol–water partition coefficient (Wildman–Crippen LogP) is 0.143. The average Bonchev–Trinajstić information content (AvgIpc) is 3.11. The fraction of sp³-hybridized carbons (Fsp3) is 0.294. The number of nitrogens with two attached hydrogens (primary N) is 1. The monoisotopic (exact) mass is 344 g/mol. The van der Waals surface area contributed by atoms with Gasteiger partial charge in [-0.3, -0.25) is 9.59 Å². The van der Waals surface area contributed by atoms with Crippen molar-refractivity contribution in [2.45, 2.75) is 25.4 Å². The van der Waals surface area contributed by atoms with Gasteiger partial charge in [0.2, 0.25) is 5.91 Å². The van der Waals surface area contributed by atoms with Gasteiger partial charge < -0.3 is 27.1 Å². The summed E-state index contributed by atoms with van der Waals surface area (Å²) in [6.45, 7) is 5.44. The second kappa shape index (κ2) is 8.74. The zero-order valence-electron chi connectivity index (χ0n) is 14.1. The van der Waals surface area contributed by atoms with Crippen LogP contribution in [0.5, 0.6) is 0 Å². The summed E-state index contributed by atoms with van der Waals surface area (Å²) >= 11 is 0. The van der Waals surface area contributed by atoms with E-state index in [1.54, 1.807) is 30.5 Å². The van der Waals surface area contributed by atoms with Crippen molar-refractivity contribution in [1.82, 2.24) is 21.5 Å². The van der Waals surface area contributed by atoms with Gasteiger partial charge in [-0.15, -0.1) is 0 Å². The minimum Gasteiger partial charge on any atom is -0.386 e. The normalized spacial score (nSPS) is 16.6. The summed E-state index contributed by atoms with van der Waals surface area (Å²) in [7, 11) is 0. The Bertz CT molecular complexity index is 673. The molecule has 0 aromatic heterocycles. The van der Waals surface area contributed by atoms with E-state index in [4.69, 9.17) is 5.73 Å². The van der Waals surface area contributed by atoms with Gasteiger partial charge in [0.25, 0.3) is 5.91 Å². The van der Waals surface area contributed by atoms with Gasteiger partial charge in [0.15, 0.2) is 0 Å². The van der Waals surface area contributed by atoms with Crippen molar-refractivity contribution in [2.75, 3.05) is 11.9 Å². The standard InChI is InChI=1S/C17H24N6O2/c1-3-14(15-7-8-20-23-15)22-16(24)10-19-17(25)12-5-4-6-13(9-12)21-11(2)18/h4-9,14-15,20-21,23H,2-3,10,18H2,1H3,(H,19,25)(H,22,24). The van der Waals surface area contributed by atoms with Crippen molar-refractivity contribution >= 4 is 17.5 Å². The van der Waals surface area contributed by atoms with Gasteiger partial charge in [-0.25, -0.2) is 5.43 Å². The molecule has 1 aliphatic rings. The van der Waals surface area contributed by atoms with Gasteiger partial charge in [0.1, 0.15) is 0 Å². The second-order valence-electron chi connectivity index (χ2n) is 5.67. The van der Waals surface area contributed by atoms with Crippen LogP contribution < -0.4 is 32.5 Å².